The Kier molecular flexibility index (Phi) is 3.46. The number of carbonyl (C=O) groups is 1. The Hall–Kier alpha value is -0.770. The molecule has 15 heavy (non-hydrogen) atoms. The van der Waals surface area contributed by atoms with E-state index in [1.165, 1.54) is 0 Å². The standard InChI is InChI=1S/C11H16N2OS/c1-13-7-9(6-12-13)2-3-11(14)10-4-5-15-8-10/h6-7,10H,2-5,8H2,1H3. The van der Waals surface area contributed by atoms with Crippen molar-refractivity contribution in [2.24, 2.45) is 13.0 Å². The van der Waals surface area contributed by atoms with E-state index in [9.17, 15) is 4.79 Å². The van der Waals surface area contributed by atoms with E-state index in [-0.39, 0.29) is 0 Å². The summed E-state index contributed by atoms with van der Waals surface area (Å²) in [5.74, 6) is 2.95. The Labute approximate surface area is 94.2 Å². The van der Waals surface area contributed by atoms with Crippen LogP contribution in [0.25, 0.3) is 0 Å². The minimum atomic E-state index is 0.326. The zero-order chi connectivity index (χ0) is 10.7. The first kappa shape index (κ1) is 10.7. The van der Waals surface area contributed by atoms with Gasteiger partial charge in [-0.1, -0.05) is 0 Å². The molecule has 0 radical (unpaired) electrons. The van der Waals surface area contributed by atoms with Crippen molar-refractivity contribution in [3.8, 4) is 0 Å². The van der Waals surface area contributed by atoms with Gasteiger partial charge in [-0.3, -0.25) is 9.48 Å². The summed E-state index contributed by atoms with van der Waals surface area (Å²) in [6, 6.07) is 0. The lowest BCUT2D eigenvalue weighted by molar-refractivity contribution is -0.122. The van der Waals surface area contributed by atoms with Crippen molar-refractivity contribution in [2.75, 3.05) is 11.5 Å². The second kappa shape index (κ2) is 4.84. The van der Waals surface area contributed by atoms with Crippen LogP contribution in [0.5, 0.6) is 0 Å². The molecule has 4 heteroatoms. The van der Waals surface area contributed by atoms with Crippen LogP contribution in [-0.2, 0) is 18.3 Å². The molecule has 0 bridgehead atoms. The highest BCUT2D eigenvalue weighted by atomic mass is 32.2. The van der Waals surface area contributed by atoms with Crippen molar-refractivity contribution < 1.29 is 4.79 Å². The molecule has 3 nitrogen and oxygen atoms in total. The van der Waals surface area contributed by atoms with E-state index in [4.69, 9.17) is 0 Å². The number of carbonyl (C=O) groups excluding carboxylic acids is 1. The van der Waals surface area contributed by atoms with Crippen LogP contribution in [0.15, 0.2) is 12.4 Å². The maximum atomic E-state index is 11.8. The van der Waals surface area contributed by atoms with Crippen LogP contribution in [0, 0.1) is 5.92 Å². The third-order valence-corrected chi connectivity index (χ3v) is 3.97. The van der Waals surface area contributed by atoms with Gasteiger partial charge in [0, 0.05) is 31.3 Å². The van der Waals surface area contributed by atoms with Crippen molar-refractivity contribution in [1.29, 1.82) is 0 Å². The smallest absolute Gasteiger partial charge is 0.137 e. The number of Topliss-reactive ketones (excluding diaryl/α,β-unsaturated/α-hetero) is 1. The number of hydrogen-bond acceptors (Lipinski definition) is 3. The fourth-order valence-corrected chi connectivity index (χ4v) is 3.12. The molecule has 0 amide bonds. The number of aryl methyl sites for hydroxylation is 2. The van der Waals surface area contributed by atoms with Gasteiger partial charge in [-0.15, -0.1) is 0 Å². The molecule has 0 spiro atoms. The van der Waals surface area contributed by atoms with Crippen molar-refractivity contribution >= 4 is 17.5 Å². The molecule has 1 atom stereocenters. The molecule has 0 saturated carbocycles. The zero-order valence-corrected chi connectivity index (χ0v) is 9.80. The molecule has 0 aromatic carbocycles. The predicted octanol–water partition coefficient (Wildman–Crippen LogP) is 1.67. The molecule has 82 valence electrons. The number of aromatic nitrogens is 2. The summed E-state index contributed by atoms with van der Waals surface area (Å²) in [4.78, 5) is 11.8. The first-order chi connectivity index (χ1) is 7.25. The minimum Gasteiger partial charge on any atom is -0.299 e. The molecular weight excluding hydrogens is 208 g/mol. The first-order valence-electron chi connectivity index (χ1n) is 5.33. The van der Waals surface area contributed by atoms with Gasteiger partial charge in [-0.25, -0.2) is 0 Å². The van der Waals surface area contributed by atoms with Crippen LogP contribution in [0.4, 0.5) is 0 Å². The molecule has 2 rings (SSSR count). The Balaban J connectivity index is 1.80. The number of ketones is 1. The lowest BCUT2D eigenvalue weighted by Gasteiger charge is -2.05. The van der Waals surface area contributed by atoms with Gasteiger partial charge >= 0.3 is 0 Å². The number of hydrogen-bond donors (Lipinski definition) is 0. The molecule has 1 aliphatic rings. The van der Waals surface area contributed by atoms with Crippen LogP contribution in [0.1, 0.15) is 18.4 Å². The van der Waals surface area contributed by atoms with Gasteiger partial charge < -0.3 is 0 Å². The summed E-state index contributed by atoms with van der Waals surface area (Å²) in [6.45, 7) is 0. The summed E-state index contributed by atoms with van der Waals surface area (Å²) >= 11 is 1.90. The molecule has 1 fully saturated rings. The van der Waals surface area contributed by atoms with Crippen LogP contribution in [-0.4, -0.2) is 27.1 Å². The van der Waals surface area contributed by atoms with Gasteiger partial charge in [0.05, 0.1) is 6.20 Å². The highest BCUT2D eigenvalue weighted by molar-refractivity contribution is 7.99. The number of nitrogens with zero attached hydrogens (tertiary/aromatic N) is 2. The third kappa shape index (κ3) is 2.84. The second-order valence-electron chi connectivity index (χ2n) is 4.05. The quantitative estimate of drug-likeness (QED) is 0.780. The van der Waals surface area contributed by atoms with E-state index in [0.29, 0.717) is 18.1 Å². The molecule has 1 saturated heterocycles. The highest BCUT2D eigenvalue weighted by Gasteiger charge is 2.22. The molecular formula is C11H16N2OS. The van der Waals surface area contributed by atoms with Crippen LogP contribution >= 0.6 is 11.8 Å². The van der Waals surface area contributed by atoms with Crippen molar-refractivity contribution in [2.45, 2.75) is 19.3 Å². The molecule has 1 aromatic rings. The number of rotatable bonds is 4. The van der Waals surface area contributed by atoms with Crippen LogP contribution in [0.2, 0.25) is 0 Å². The van der Waals surface area contributed by atoms with Gasteiger partial charge in [0.1, 0.15) is 5.78 Å². The van der Waals surface area contributed by atoms with Crippen molar-refractivity contribution in [3.05, 3.63) is 18.0 Å². The Morgan fingerprint density at radius 1 is 1.73 bits per heavy atom. The summed E-state index contributed by atoms with van der Waals surface area (Å²) in [5.41, 5.74) is 1.16. The monoisotopic (exact) mass is 224 g/mol. The zero-order valence-electron chi connectivity index (χ0n) is 8.98. The van der Waals surface area contributed by atoms with Gasteiger partial charge in [0.2, 0.25) is 0 Å². The van der Waals surface area contributed by atoms with E-state index < -0.39 is 0 Å². The van der Waals surface area contributed by atoms with E-state index in [1.54, 1.807) is 4.68 Å². The molecule has 2 heterocycles. The third-order valence-electron chi connectivity index (χ3n) is 2.80. The fraction of sp³-hybridized carbons (Fsp3) is 0.636. The summed E-state index contributed by atoms with van der Waals surface area (Å²) in [5, 5.41) is 4.09. The largest absolute Gasteiger partial charge is 0.299 e. The van der Waals surface area contributed by atoms with Gasteiger partial charge in [0.25, 0.3) is 0 Å². The minimum absolute atomic E-state index is 0.326. The predicted molar refractivity (Wildman–Crippen MR) is 62.0 cm³/mol. The summed E-state index contributed by atoms with van der Waals surface area (Å²) in [6.07, 6.45) is 6.43. The average Bonchev–Trinajstić information content (AvgIpc) is 2.84. The van der Waals surface area contributed by atoms with E-state index in [2.05, 4.69) is 5.10 Å². The van der Waals surface area contributed by atoms with E-state index in [1.807, 2.05) is 31.2 Å². The second-order valence-corrected chi connectivity index (χ2v) is 5.20. The Morgan fingerprint density at radius 2 is 2.60 bits per heavy atom. The molecule has 0 aliphatic carbocycles. The van der Waals surface area contributed by atoms with Crippen molar-refractivity contribution in [3.63, 3.8) is 0 Å². The molecule has 1 aromatic heterocycles. The molecule has 1 unspecified atom stereocenters. The summed E-state index contributed by atoms with van der Waals surface area (Å²) < 4.78 is 1.78. The lowest BCUT2D eigenvalue weighted by atomic mass is 9.99. The maximum absolute atomic E-state index is 11.8. The van der Waals surface area contributed by atoms with Gasteiger partial charge in [0.15, 0.2) is 0 Å². The normalized spacial score (nSPS) is 20.7. The van der Waals surface area contributed by atoms with Crippen LogP contribution < -0.4 is 0 Å². The first-order valence-corrected chi connectivity index (χ1v) is 6.49. The molecule has 1 aliphatic heterocycles. The SMILES string of the molecule is Cn1cc(CCC(=O)C2CCSC2)cn1. The van der Waals surface area contributed by atoms with E-state index >= 15 is 0 Å². The molecule has 0 N–H and O–H groups in total. The van der Waals surface area contributed by atoms with E-state index in [0.717, 1.165) is 29.9 Å². The van der Waals surface area contributed by atoms with Gasteiger partial charge in [-0.2, -0.15) is 16.9 Å². The van der Waals surface area contributed by atoms with Crippen molar-refractivity contribution in [1.82, 2.24) is 9.78 Å². The Morgan fingerprint density at radius 3 is 3.20 bits per heavy atom. The van der Waals surface area contributed by atoms with Gasteiger partial charge in [-0.05, 0) is 24.2 Å². The average molecular weight is 224 g/mol. The fourth-order valence-electron chi connectivity index (χ4n) is 1.86. The maximum Gasteiger partial charge on any atom is 0.137 e. The summed E-state index contributed by atoms with van der Waals surface area (Å²) in [7, 11) is 1.90. The number of thioether (sulfide) groups is 1. The van der Waals surface area contributed by atoms with Crippen LogP contribution in [0.3, 0.4) is 0 Å². The topological polar surface area (TPSA) is 34.9 Å². The lowest BCUT2D eigenvalue weighted by Crippen LogP contribution is -2.14. The Bertz CT molecular complexity index is 342. The highest BCUT2D eigenvalue weighted by Crippen LogP contribution is 2.25.